The standard InChI is InChI=1S/C13H12N2O/c14-8-1-2-10-16-13-7-3-6-12-11(13)5-4-9-15-12/h3-7,9H,1-2,10H2. The van der Waals surface area contributed by atoms with Crippen molar-refractivity contribution < 1.29 is 4.74 Å². The van der Waals surface area contributed by atoms with Crippen LogP contribution in [0.3, 0.4) is 0 Å². The van der Waals surface area contributed by atoms with Gasteiger partial charge in [0.15, 0.2) is 0 Å². The molecule has 0 saturated heterocycles. The third-order valence-electron chi connectivity index (χ3n) is 2.30. The molecular weight excluding hydrogens is 200 g/mol. The molecule has 0 aliphatic carbocycles. The van der Waals surface area contributed by atoms with Gasteiger partial charge in [-0.05, 0) is 30.7 Å². The molecule has 0 N–H and O–H groups in total. The molecule has 3 heteroatoms. The lowest BCUT2D eigenvalue weighted by Crippen LogP contribution is -1.97. The second-order valence-electron chi connectivity index (χ2n) is 3.44. The van der Waals surface area contributed by atoms with Crippen LogP contribution in [-0.2, 0) is 0 Å². The second kappa shape index (κ2) is 5.13. The molecule has 0 unspecified atom stereocenters. The van der Waals surface area contributed by atoms with Crippen LogP contribution in [0.25, 0.3) is 10.9 Å². The van der Waals surface area contributed by atoms with E-state index in [2.05, 4.69) is 11.1 Å². The highest BCUT2D eigenvalue weighted by atomic mass is 16.5. The largest absolute Gasteiger partial charge is 0.493 e. The van der Waals surface area contributed by atoms with Crippen LogP contribution >= 0.6 is 0 Å². The summed E-state index contributed by atoms with van der Waals surface area (Å²) in [6.45, 7) is 0.571. The van der Waals surface area contributed by atoms with Gasteiger partial charge >= 0.3 is 0 Å². The highest BCUT2D eigenvalue weighted by Gasteiger charge is 2.01. The van der Waals surface area contributed by atoms with E-state index in [-0.39, 0.29) is 0 Å². The number of hydrogen-bond acceptors (Lipinski definition) is 3. The zero-order chi connectivity index (χ0) is 11.2. The maximum absolute atomic E-state index is 8.42. The summed E-state index contributed by atoms with van der Waals surface area (Å²) in [6, 6.07) is 11.8. The molecule has 16 heavy (non-hydrogen) atoms. The van der Waals surface area contributed by atoms with Crippen LogP contribution in [0.2, 0.25) is 0 Å². The van der Waals surface area contributed by atoms with E-state index in [0.29, 0.717) is 13.0 Å². The minimum Gasteiger partial charge on any atom is -0.493 e. The Hall–Kier alpha value is -2.08. The zero-order valence-corrected chi connectivity index (χ0v) is 8.89. The monoisotopic (exact) mass is 212 g/mol. The number of nitrogens with zero attached hydrogens (tertiary/aromatic N) is 2. The molecule has 0 radical (unpaired) electrons. The molecule has 0 amide bonds. The van der Waals surface area contributed by atoms with Gasteiger partial charge in [-0.25, -0.2) is 0 Å². The van der Waals surface area contributed by atoms with Crippen LogP contribution in [0.5, 0.6) is 5.75 Å². The molecule has 2 aromatic rings. The highest BCUT2D eigenvalue weighted by Crippen LogP contribution is 2.23. The second-order valence-corrected chi connectivity index (χ2v) is 3.44. The number of ether oxygens (including phenoxy) is 1. The summed E-state index contributed by atoms with van der Waals surface area (Å²) in [7, 11) is 0. The van der Waals surface area contributed by atoms with Gasteiger partial charge in [0.2, 0.25) is 0 Å². The van der Waals surface area contributed by atoms with Gasteiger partial charge in [0.1, 0.15) is 5.75 Å². The number of benzene rings is 1. The Labute approximate surface area is 94.3 Å². The number of unbranched alkanes of at least 4 members (excludes halogenated alkanes) is 1. The average Bonchev–Trinajstić information content (AvgIpc) is 2.35. The summed E-state index contributed by atoms with van der Waals surface area (Å²) in [5, 5.41) is 9.44. The summed E-state index contributed by atoms with van der Waals surface area (Å²) >= 11 is 0. The Kier molecular flexibility index (Phi) is 3.35. The summed E-state index contributed by atoms with van der Waals surface area (Å²) in [4.78, 5) is 4.25. The molecule has 0 atom stereocenters. The molecule has 0 bridgehead atoms. The lowest BCUT2D eigenvalue weighted by Gasteiger charge is -2.07. The summed E-state index contributed by atoms with van der Waals surface area (Å²) in [5.74, 6) is 0.837. The SMILES string of the molecule is N#CCCCOc1cccc2ncccc12. The van der Waals surface area contributed by atoms with Gasteiger partial charge in [0.05, 0.1) is 18.2 Å². The Morgan fingerprint density at radius 3 is 3.06 bits per heavy atom. The molecule has 80 valence electrons. The van der Waals surface area contributed by atoms with Crippen LogP contribution < -0.4 is 4.74 Å². The van der Waals surface area contributed by atoms with E-state index >= 15 is 0 Å². The number of hydrogen-bond donors (Lipinski definition) is 0. The fraction of sp³-hybridized carbons (Fsp3) is 0.231. The number of nitriles is 1. The molecule has 0 aliphatic heterocycles. The number of fused-ring (bicyclic) bond motifs is 1. The quantitative estimate of drug-likeness (QED) is 0.732. The minimum absolute atomic E-state index is 0.531. The summed E-state index contributed by atoms with van der Waals surface area (Å²) in [6.07, 6.45) is 3.05. The summed E-state index contributed by atoms with van der Waals surface area (Å²) in [5.41, 5.74) is 0.931. The number of aromatic nitrogens is 1. The fourth-order valence-electron chi connectivity index (χ4n) is 1.53. The molecular formula is C13H12N2O. The minimum atomic E-state index is 0.531. The lowest BCUT2D eigenvalue weighted by molar-refractivity contribution is 0.316. The molecule has 0 spiro atoms. The van der Waals surface area contributed by atoms with Crippen molar-refractivity contribution in [2.45, 2.75) is 12.8 Å². The van der Waals surface area contributed by atoms with Gasteiger partial charge in [-0.2, -0.15) is 5.26 Å². The average molecular weight is 212 g/mol. The van der Waals surface area contributed by atoms with E-state index in [9.17, 15) is 0 Å². The van der Waals surface area contributed by atoms with Gasteiger partial charge in [-0.3, -0.25) is 4.98 Å². The van der Waals surface area contributed by atoms with Crippen molar-refractivity contribution in [1.29, 1.82) is 5.26 Å². The zero-order valence-electron chi connectivity index (χ0n) is 8.89. The number of pyridine rings is 1. The molecule has 1 aromatic heterocycles. The molecule has 2 rings (SSSR count). The van der Waals surface area contributed by atoms with E-state index in [4.69, 9.17) is 10.00 Å². The maximum atomic E-state index is 8.42. The van der Waals surface area contributed by atoms with Gasteiger partial charge in [0, 0.05) is 18.0 Å². The van der Waals surface area contributed by atoms with Crippen LogP contribution in [0, 0.1) is 11.3 Å². The van der Waals surface area contributed by atoms with Crippen LogP contribution in [-0.4, -0.2) is 11.6 Å². The predicted molar refractivity (Wildman–Crippen MR) is 62.1 cm³/mol. The first kappa shape index (κ1) is 10.4. The highest BCUT2D eigenvalue weighted by molar-refractivity contribution is 5.84. The van der Waals surface area contributed by atoms with Crippen LogP contribution in [0.4, 0.5) is 0 Å². The molecule has 1 aromatic carbocycles. The van der Waals surface area contributed by atoms with E-state index in [1.165, 1.54) is 0 Å². The van der Waals surface area contributed by atoms with Gasteiger partial charge < -0.3 is 4.74 Å². The normalized spacial score (nSPS) is 9.94. The molecule has 3 nitrogen and oxygen atoms in total. The van der Waals surface area contributed by atoms with E-state index in [1.807, 2.05) is 30.3 Å². The van der Waals surface area contributed by atoms with Gasteiger partial charge in [-0.1, -0.05) is 6.07 Å². The Balaban J connectivity index is 2.15. The molecule has 1 heterocycles. The first-order chi connectivity index (χ1) is 7.92. The van der Waals surface area contributed by atoms with Crippen molar-refractivity contribution in [3.05, 3.63) is 36.5 Å². The van der Waals surface area contributed by atoms with Crippen molar-refractivity contribution in [2.75, 3.05) is 6.61 Å². The summed E-state index contributed by atoms with van der Waals surface area (Å²) < 4.78 is 5.63. The van der Waals surface area contributed by atoms with Gasteiger partial charge in [-0.15, -0.1) is 0 Å². The van der Waals surface area contributed by atoms with Crippen LogP contribution in [0.15, 0.2) is 36.5 Å². The first-order valence-electron chi connectivity index (χ1n) is 5.25. The van der Waals surface area contributed by atoms with E-state index < -0.39 is 0 Å². The Morgan fingerprint density at radius 1 is 1.25 bits per heavy atom. The topological polar surface area (TPSA) is 45.9 Å². The third kappa shape index (κ3) is 2.29. The molecule has 0 fully saturated rings. The van der Waals surface area contributed by atoms with E-state index in [1.54, 1.807) is 6.20 Å². The third-order valence-corrected chi connectivity index (χ3v) is 2.30. The van der Waals surface area contributed by atoms with E-state index in [0.717, 1.165) is 23.1 Å². The maximum Gasteiger partial charge on any atom is 0.128 e. The van der Waals surface area contributed by atoms with Crippen LogP contribution in [0.1, 0.15) is 12.8 Å². The Morgan fingerprint density at radius 2 is 2.19 bits per heavy atom. The van der Waals surface area contributed by atoms with Gasteiger partial charge in [0.25, 0.3) is 0 Å². The van der Waals surface area contributed by atoms with Crippen molar-refractivity contribution >= 4 is 10.9 Å². The number of rotatable bonds is 4. The van der Waals surface area contributed by atoms with Crippen molar-refractivity contribution in [1.82, 2.24) is 4.98 Å². The molecule has 0 aliphatic rings. The van der Waals surface area contributed by atoms with Crippen molar-refractivity contribution in [3.8, 4) is 11.8 Å². The fourth-order valence-corrected chi connectivity index (χ4v) is 1.53. The Bertz CT molecular complexity index is 511. The van der Waals surface area contributed by atoms with Crippen molar-refractivity contribution in [3.63, 3.8) is 0 Å². The lowest BCUT2D eigenvalue weighted by atomic mass is 10.2. The van der Waals surface area contributed by atoms with Crippen molar-refractivity contribution in [2.24, 2.45) is 0 Å². The predicted octanol–water partition coefficient (Wildman–Crippen LogP) is 2.92. The smallest absolute Gasteiger partial charge is 0.128 e. The first-order valence-corrected chi connectivity index (χ1v) is 5.25. The molecule has 0 saturated carbocycles.